The van der Waals surface area contributed by atoms with Crippen LogP contribution in [-0.2, 0) is 0 Å². The van der Waals surface area contributed by atoms with Crippen LogP contribution in [0.3, 0.4) is 0 Å². The van der Waals surface area contributed by atoms with Crippen molar-refractivity contribution < 1.29 is 4.74 Å². The number of hydrogen-bond acceptors (Lipinski definition) is 1. The van der Waals surface area contributed by atoms with Crippen molar-refractivity contribution in [3.63, 3.8) is 0 Å². The van der Waals surface area contributed by atoms with E-state index in [2.05, 4.69) is 58.2 Å². The Morgan fingerprint density at radius 3 is 2.36 bits per heavy atom. The van der Waals surface area contributed by atoms with Crippen LogP contribution in [0.2, 0.25) is 0 Å². The highest BCUT2D eigenvalue weighted by molar-refractivity contribution is 14.1. The first-order chi connectivity index (χ1) is 5.16. The second-order valence-corrected chi connectivity index (χ2v) is 4.37. The molecular formula is C8H8I2O. The lowest BCUT2D eigenvalue weighted by Gasteiger charge is -2.06. The molecule has 0 saturated heterocycles. The van der Waals surface area contributed by atoms with Gasteiger partial charge in [-0.2, -0.15) is 0 Å². The van der Waals surface area contributed by atoms with Crippen LogP contribution < -0.4 is 4.74 Å². The van der Waals surface area contributed by atoms with Gasteiger partial charge in [0.1, 0.15) is 5.75 Å². The lowest BCUT2D eigenvalue weighted by Crippen LogP contribution is -1.91. The number of benzene rings is 1. The van der Waals surface area contributed by atoms with Crippen LogP contribution in [0.15, 0.2) is 12.1 Å². The second kappa shape index (κ2) is 3.93. The first kappa shape index (κ1) is 9.57. The molecule has 0 unspecified atom stereocenters. The van der Waals surface area contributed by atoms with Gasteiger partial charge in [0, 0.05) is 3.57 Å². The molecule has 0 radical (unpaired) electrons. The van der Waals surface area contributed by atoms with Gasteiger partial charge in [0.25, 0.3) is 0 Å². The Bertz CT molecular complexity index is 271. The summed E-state index contributed by atoms with van der Waals surface area (Å²) in [6.45, 7) is 2.10. The van der Waals surface area contributed by atoms with Crippen molar-refractivity contribution in [1.82, 2.24) is 0 Å². The minimum Gasteiger partial charge on any atom is -0.496 e. The zero-order valence-corrected chi connectivity index (χ0v) is 10.6. The zero-order chi connectivity index (χ0) is 8.43. The van der Waals surface area contributed by atoms with Crippen LogP contribution in [-0.4, -0.2) is 7.11 Å². The molecule has 0 heterocycles. The van der Waals surface area contributed by atoms with Gasteiger partial charge in [-0.15, -0.1) is 0 Å². The number of rotatable bonds is 1. The molecule has 0 aromatic heterocycles. The van der Waals surface area contributed by atoms with E-state index in [9.17, 15) is 0 Å². The number of halogens is 2. The molecule has 0 amide bonds. The van der Waals surface area contributed by atoms with Crippen LogP contribution in [0.4, 0.5) is 0 Å². The highest BCUT2D eigenvalue weighted by Gasteiger charge is 2.05. The molecule has 1 aromatic rings. The minimum atomic E-state index is 0.959. The van der Waals surface area contributed by atoms with Crippen LogP contribution >= 0.6 is 45.2 Å². The predicted molar refractivity (Wildman–Crippen MR) is 63.2 cm³/mol. The summed E-state index contributed by atoms with van der Waals surface area (Å²) in [5.41, 5.74) is 1.30. The third kappa shape index (κ3) is 1.99. The van der Waals surface area contributed by atoms with Gasteiger partial charge in [0.05, 0.1) is 10.7 Å². The molecule has 0 aliphatic rings. The van der Waals surface area contributed by atoms with Crippen LogP contribution in [0.1, 0.15) is 5.56 Å². The van der Waals surface area contributed by atoms with Crippen molar-refractivity contribution in [2.45, 2.75) is 6.92 Å². The molecular weight excluding hydrogens is 366 g/mol. The van der Waals surface area contributed by atoms with E-state index in [0.717, 1.165) is 5.75 Å². The fourth-order valence-electron chi connectivity index (χ4n) is 0.786. The fourth-order valence-corrected chi connectivity index (χ4v) is 2.06. The van der Waals surface area contributed by atoms with Crippen LogP contribution in [0, 0.1) is 14.1 Å². The topological polar surface area (TPSA) is 9.23 Å². The largest absolute Gasteiger partial charge is 0.496 e. The summed E-state index contributed by atoms with van der Waals surface area (Å²) in [7, 11) is 1.70. The van der Waals surface area contributed by atoms with E-state index in [1.165, 1.54) is 12.7 Å². The molecule has 0 saturated carbocycles. The number of ether oxygens (including phenoxy) is 1. The SMILES string of the molecule is COc1ccc(C)c(I)c1I. The third-order valence-electron chi connectivity index (χ3n) is 1.46. The standard InChI is InChI=1S/C8H8I2O/c1-5-3-4-6(11-2)8(10)7(5)9/h3-4H,1-2H3. The molecule has 1 rings (SSSR count). The van der Waals surface area contributed by atoms with Gasteiger partial charge in [-0.05, 0) is 63.7 Å². The highest BCUT2D eigenvalue weighted by Crippen LogP contribution is 2.27. The Hall–Kier alpha value is 0.480. The Balaban J connectivity index is 3.25. The number of methoxy groups -OCH3 is 1. The summed E-state index contributed by atoms with van der Waals surface area (Å²) >= 11 is 4.63. The van der Waals surface area contributed by atoms with Gasteiger partial charge in [0.15, 0.2) is 0 Å². The number of hydrogen-bond donors (Lipinski definition) is 0. The van der Waals surface area contributed by atoms with Gasteiger partial charge < -0.3 is 4.74 Å². The zero-order valence-electron chi connectivity index (χ0n) is 6.32. The monoisotopic (exact) mass is 374 g/mol. The molecule has 0 bridgehead atoms. The quantitative estimate of drug-likeness (QED) is 0.687. The maximum absolute atomic E-state index is 5.17. The summed E-state index contributed by atoms with van der Waals surface area (Å²) in [6, 6.07) is 4.07. The van der Waals surface area contributed by atoms with Crippen molar-refractivity contribution >= 4 is 45.2 Å². The molecule has 0 aliphatic carbocycles. The Labute approximate surface area is 93.8 Å². The fraction of sp³-hybridized carbons (Fsp3) is 0.250. The van der Waals surface area contributed by atoms with Crippen LogP contribution in [0.5, 0.6) is 5.75 Å². The lowest BCUT2D eigenvalue weighted by molar-refractivity contribution is 0.411. The smallest absolute Gasteiger partial charge is 0.133 e. The first-order valence-electron chi connectivity index (χ1n) is 3.15. The summed E-state index contributed by atoms with van der Waals surface area (Å²) in [6.07, 6.45) is 0. The van der Waals surface area contributed by atoms with Crippen molar-refractivity contribution in [1.29, 1.82) is 0 Å². The molecule has 60 valence electrons. The third-order valence-corrected chi connectivity index (χ3v) is 4.95. The van der Waals surface area contributed by atoms with E-state index in [-0.39, 0.29) is 0 Å². The number of aryl methyl sites for hydroxylation is 1. The first-order valence-corrected chi connectivity index (χ1v) is 5.31. The van der Waals surface area contributed by atoms with E-state index in [1.807, 2.05) is 6.07 Å². The Kier molecular flexibility index (Phi) is 3.42. The summed E-state index contributed by atoms with van der Waals surface area (Å²) < 4.78 is 7.65. The average molecular weight is 374 g/mol. The normalized spacial score (nSPS) is 9.82. The highest BCUT2D eigenvalue weighted by atomic mass is 127. The molecule has 1 aromatic carbocycles. The van der Waals surface area contributed by atoms with Crippen molar-refractivity contribution in [2.75, 3.05) is 7.11 Å². The van der Waals surface area contributed by atoms with Crippen molar-refractivity contribution in [3.05, 3.63) is 24.8 Å². The van der Waals surface area contributed by atoms with Gasteiger partial charge in [-0.1, -0.05) is 6.07 Å². The van der Waals surface area contributed by atoms with Gasteiger partial charge in [-0.3, -0.25) is 0 Å². The molecule has 0 fully saturated rings. The summed E-state index contributed by atoms with van der Waals surface area (Å²) in [4.78, 5) is 0. The maximum Gasteiger partial charge on any atom is 0.133 e. The van der Waals surface area contributed by atoms with E-state index in [1.54, 1.807) is 7.11 Å². The van der Waals surface area contributed by atoms with Gasteiger partial charge >= 0.3 is 0 Å². The van der Waals surface area contributed by atoms with E-state index < -0.39 is 0 Å². The van der Waals surface area contributed by atoms with Gasteiger partial charge in [-0.25, -0.2) is 0 Å². The maximum atomic E-state index is 5.17. The minimum absolute atomic E-state index is 0.959. The Morgan fingerprint density at radius 2 is 1.82 bits per heavy atom. The summed E-state index contributed by atoms with van der Waals surface area (Å²) in [5.74, 6) is 0.959. The van der Waals surface area contributed by atoms with E-state index in [0.29, 0.717) is 0 Å². The molecule has 0 aliphatic heterocycles. The summed E-state index contributed by atoms with van der Waals surface area (Å²) in [5, 5.41) is 0. The van der Waals surface area contributed by atoms with Crippen molar-refractivity contribution in [3.8, 4) is 5.75 Å². The van der Waals surface area contributed by atoms with Crippen molar-refractivity contribution in [2.24, 2.45) is 0 Å². The molecule has 1 nitrogen and oxygen atoms in total. The second-order valence-electron chi connectivity index (χ2n) is 2.21. The molecule has 0 atom stereocenters. The van der Waals surface area contributed by atoms with Gasteiger partial charge in [0.2, 0.25) is 0 Å². The predicted octanol–water partition coefficient (Wildman–Crippen LogP) is 3.21. The molecule has 11 heavy (non-hydrogen) atoms. The molecule has 0 N–H and O–H groups in total. The van der Waals surface area contributed by atoms with E-state index >= 15 is 0 Å². The van der Waals surface area contributed by atoms with Crippen LogP contribution in [0.25, 0.3) is 0 Å². The molecule has 0 spiro atoms. The Morgan fingerprint density at radius 1 is 1.18 bits per heavy atom. The average Bonchev–Trinajstić information content (AvgIpc) is 2.01. The van der Waals surface area contributed by atoms with E-state index in [4.69, 9.17) is 4.74 Å². The molecule has 3 heteroatoms. The lowest BCUT2D eigenvalue weighted by atomic mass is 10.2.